The van der Waals surface area contributed by atoms with E-state index in [0.717, 1.165) is 3.79 Å². The highest BCUT2D eigenvalue weighted by Gasteiger charge is 2.13. The van der Waals surface area contributed by atoms with Crippen LogP contribution in [-0.4, -0.2) is 18.4 Å². The number of hydrogen-bond acceptors (Lipinski definition) is 3. The number of carbonyl (C=O) groups excluding carboxylic acids is 2. The van der Waals surface area contributed by atoms with Gasteiger partial charge in [-0.15, -0.1) is 11.3 Å². The Balaban J connectivity index is 2.69. The summed E-state index contributed by atoms with van der Waals surface area (Å²) < 4.78 is 1.56. The van der Waals surface area contributed by atoms with Crippen LogP contribution in [0.1, 0.15) is 10.4 Å². The Kier molecular flexibility index (Phi) is 4.09. The summed E-state index contributed by atoms with van der Waals surface area (Å²) in [5.74, 6) is -0.888. The molecule has 0 bridgehead atoms. The molecule has 0 atom stereocenters. The Labute approximate surface area is 101 Å². The van der Waals surface area contributed by atoms with Gasteiger partial charge >= 0.3 is 0 Å². The maximum Gasteiger partial charge on any atom is 0.253 e. The molecule has 0 fully saturated rings. The van der Waals surface area contributed by atoms with E-state index in [-0.39, 0.29) is 12.5 Å². The van der Waals surface area contributed by atoms with Crippen LogP contribution >= 0.6 is 43.2 Å². The first-order chi connectivity index (χ1) is 6.50. The summed E-state index contributed by atoms with van der Waals surface area (Å²) >= 11 is 7.87. The van der Waals surface area contributed by atoms with Gasteiger partial charge in [0.1, 0.15) is 0 Å². The molecule has 0 saturated carbocycles. The molecule has 7 heteroatoms. The maximum absolute atomic E-state index is 11.4. The van der Waals surface area contributed by atoms with E-state index in [1.165, 1.54) is 11.3 Å². The standard InChI is InChI=1S/C7H6Br2N2O2S/c8-4-1-3(6(9)14-4)7(13)11-2-5(10)12/h1H,2H2,(H2,10,12)(H,11,13). The highest BCUT2D eigenvalue weighted by Crippen LogP contribution is 2.31. The lowest BCUT2D eigenvalue weighted by molar-refractivity contribution is -0.117. The summed E-state index contributed by atoms with van der Waals surface area (Å²) in [6.07, 6.45) is 0. The lowest BCUT2D eigenvalue weighted by Gasteiger charge is -2.00. The maximum atomic E-state index is 11.4. The Morgan fingerprint density at radius 3 is 2.57 bits per heavy atom. The molecule has 4 nitrogen and oxygen atoms in total. The van der Waals surface area contributed by atoms with Crippen molar-refractivity contribution in [1.82, 2.24) is 5.32 Å². The molecule has 0 aliphatic heterocycles. The molecule has 0 aromatic carbocycles. The molecule has 2 amide bonds. The van der Waals surface area contributed by atoms with Crippen LogP contribution in [0.3, 0.4) is 0 Å². The van der Waals surface area contributed by atoms with Crippen molar-refractivity contribution in [2.75, 3.05) is 6.54 Å². The van der Waals surface area contributed by atoms with Gasteiger partial charge in [0.15, 0.2) is 0 Å². The molecule has 0 radical (unpaired) electrons. The minimum Gasteiger partial charge on any atom is -0.368 e. The van der Waals surface area contributed by atoms with Gasteiger partial charge in [-0.1, -0.05) is 0 Å². The zero-order chi connectivity index (χ0) is 10.7. The van der Waals surface area contributed by atoms with Crippen LogP contribution in [0.4, 0.5) is 0 Å². The summed E-state index contributed by atoms with van der Waals surface area (Å²) in [6.45, 7) is -0.154. The minimum atomic E-state index is -0.566. The summed E-state index contributed by atoms with van der Waals surface area (Å²) in [5, 5.41) is 2.39. The largest absolute Gasteiger partial charge is 0.368 e. The van der Waals surface area contributed by atoms with E-state index >= 15 is 0 Å². The van der Waals surface area contributed by atoms with Crippen LogP contribution in [0.25, 0.3) is 0 Å². The van der Waals surface area contributed by atoms with Crippen molar-refractivity contribution in [3.05, 3.63) is 19.2 Å². The number of nitrogens with one attached hydrogen (secondary N) is 1. The first-order valence-electron chi connectivity index (χ1n) is 3.52. The second-order valence-electron chi connectivity index (χ2n) is 2.39. The number of hydrogen-bond donors (Lipinski definition) is 2. The third-order valence-corrected chi connectivity index (χ3v) is 3.66. The Bertz CT molecular complexity index is 378. The van der Waals surface area contributed by atoms with Crippen LogP contribution in [0.5, 0.6) is 0 Å². The highest BCUT2D eigenvalue weighted by atomic mass is 79.9. The van der Waals surface area contributed by atoms with Crippen LogP contribution in [-0.2, 0) is 4.79 Å². The van der Waals surface area contributed by atoms with Gasteiger partial charge in [0.25, 0.3) is 5.91 Å². The van der Waals surface area contributed by atoms with Crippen LogP contribution < -0.4 is 11.1 Å². The molecule has 1 rings (SSSR count). The average Bonchev–Trinajstić information content (AvgIpc) is 2.41. The molecule has 0 aliphatic rings. The van der Waals surface area contributed by atoms with Gasteiger partial charge in [0.2, 0.25) is 5.91 Å². The van der Waals surface area contributed by atoms with Crippen molar-refractivity contribution in [2.45, 2.75) is 0 Å². The Morgan fingerprint density at radius 1 is 1.50 bits per heavy atom. The van der Waals surface area contributed by atoms with Crippen LogP contribution in [0.2, 0.25) is 0 Å². The number of rotatable bonds is 3. The summed E-state index contributed by atoms with van der Waals surface area (Å²) in [4.78, 5) is 21.8. The van der Waals surface area contributed by atoms with Gasteiger partial charge in [-0.2, -0.15) is 0 Å². The molecule has 0 aliphatic carbocycles. The van der Waals surface area contributed by atoms with E-state index in [1.54, 1.807) is 6.07 Å². The van der Waals surface area contributed by atoms with Gasteiger partial charge in [0, 0.05) is 0 Å². The van der Waals surface area contributed by atoms with Crippen molar-refractivity contribution in [3.8, 4) is 0 Å². The third kappa shape index (κ3) is 3.07. The molecule has 14 heavy (non-hydrogen) atoms. The molecule has 1 aromatic heterocycles. The monoisotopic (exact) mass is 340 g/mol. The van der Waals surface area contributed by atoms with Gasteiger partial charge in [-0.25, -0.2) is 0 Å². The second kappa shape index (κ2) is 4.90. The number of thiophene rings is 1. The molecule has 1 aromatic rings. The van der Waals surface area contributed by atoms with Crippen LogP contribution in [0.15, 0.2) is 13.6 Å². The predicted octanol–water partition coefficient (Wildman–Crippen LogP) is 1.49. The lowest BCUT2D eigenvalue weighted by Crippen LogP contribution is -2.33. The fraction of sp³-hybridized carbons (Fsp3) is 0.143. The molecule has 1 heterocycles. The summed E-state index contributed by atoms with van der Waals surface area (Å²) in [5.41, 5.74) is 5.38. The number of nitrogens with two attached hydrogens (primary N) is 1. The van der Waals surface area contributed by atoms with Gasteiger partial charge in [-0.05, 0) is 37.9 Å². The van der Waals surface area contributed by atoms with E-state index in [1.807, 2.05) is 0 Å². The van der Waals surface area contributed by atoms with Crippen molar-refractivity contribution in [3.63, 3.8) is 0 Å². The van der Waals surface area contributed by atoms with Gasteiger partial charge in [-0.3, -0.25) is 9.59 Å². The fourth-order valence-corrected chi connectivity index (χ4v) is 3.55. The third-order valence-electron chi connectivity index (χ3n) is 1.32. The van der Waals surface area contributed by atoms with Crippen molar-refractivity contribution >= 4 is 55.0 Å². The van der Waals surface area contributed by atoms with E-state index in [4.69, 9.17) is 5.73 Å². The SMILES string of the molecule is NC(=O)CNC(=O)c1cc(Br)sc1Br. The molecule has 76 valence electrons. The molecule has 3 N–H and O–H groups in total. The zero-order valence-electron chi connectivity index (χ0n) is 6.84. The summed E-state index contributed by atoms with van der Waals surface area (Å²) in [6, 6.07) is 1.67. The van der Waals surface area contributed by atoms with E-state index < -0.39 is 5.91 Å². The quantitative estimate of drug-likeness (QED) is 0.874. The second-order valence-corrected chi connectivity index (χ2v) is 6.14. The normalized spacial score (nSPS) is 9.86. The summed E-state index contributed by atoms with van der Waals surface area (Å²) in [7, 11) is 0. The van der Waals surface area contributed by atoms with Gasteiger partial charge in [0.05, 0.1) is 19.7 Å². The van der Waals surface area contributed by atoms with Crippen molar-refractivity contribution in [1.29, 1.82) is 0 Å². The molecular formula is C7H6Br2N2O2S. The number of amides is 2. The average molecular weight is 342 g/mol. The molecular weight excluding hydrogens is 336 g/mol. The smallest absolute Gasteiger partial charge is 0.253 e. The Hall–Kier alpha value is -0.400. The number of halogens is 2. The lowest BCUT2D eigenvalue weighted by atomic mass is 10.3. The van der Waals surface area contributed by atoms with Gasteiger partial charge < -0.3 is 11.1 Å². The first-order valence-corrected chi connectivity index (χ1v) is 5.92. The first kappa shape index (κ1) is 11.7. The van der Waals surface area contributed by atoms with E-state index in [2.05, 4.69) is 37.2 Å². The van der Waals surface area contributed by atoms with Crippen molar-refractivity contribution < 1.29 is 9.59 Å². The predicted molar refractivity (Wildman–Crippen MR) is 61.2 cm³/mol. The zero-order valence-corrected chi connectivity index (χ0v) is 10.8. The topological polar surface area (TPSA) is 72.2 Å². The Morgan fingerprint density at radius 2 is 2.14 bits per heavy atom. The van der Waals surface area contributed by atoms with Crippen LogP contribution in [0, 0.1) is 0 Å². The highest BCUT2D eigenvalue weighted by molar-refractivity contribution is 9.12. The number of carbonyl (C=O) groups is 2. The minimum absolute atomic E-state index is 0.154. The van der Waals surface area contributed by atoms with E-state index in [0.29, 0.717) is 9.35 Å². The molecule has 0 unspecified atom stereocenters. The number of primary amides is 1. The molecule has 0 spiro atoms. The van der Waals surface area contributed by atoms with Crippen molar-refractivity contribution in [2.24, 2.45) is 5.73 Å². The van der Waals surface area contributed by atoms with E-state index in [9.17, 15) is 9.59 Å². The fourth-order valence-electron chi connectivity index (χ4n) is 0.758. The molecule has 0 saturated heterocycles.